The number of phenols is 1. The summed E-state index contributed by atoms with van der Waals surface area (Å²) in [6.07, 6.45) is 5.71. The van der Waals surface area contributed by atoms with Crippen LogP contribution in [-0.4, -0.2) is 23.8 Å². The van der Waals surface area contributed by atoms with Crippen LogP contribution < -0.4 is 4.74 Å². The standard InChI is InChI=1S/C21H22O4/c1-5-13-6-9-16-20(24)12(2)10-18(23)21(16,3)19(13)15-8-7-14(22)11-17(15)25-4/h5-8,10-11,16,19,22H,1,9H2,2-4H3. The second-order valence-electron chi connectivity index (χ2n) is 6.89. The maximum atomic E-state index is 13.0. The second-order valence-corrected chi connectivity index (χ2v) is 6.89. The van der Waals surface area contributed by atoms with Crippen LogP contribution in [0.5, 0.6) is 11.5 Å². The Morgan fingerprint density at radius 1 is 1.36 bits per heavy atom. The number of ketones is 2. The van der Waals surface area contributed by atoms with E-state index in [0.717, 1.165) is 11.1 Å². The van der Waals surface area contributed by atoms with E-state index in [4.69, 9.17) is 4.74 Å². The van der Waals surface area contributed by atoms with Crippen LogP contribution in [0.3, 0.4) is 0 Å². The third kappa shape index (κ3) is 2.44. The first-order chi connectivity index (χ1) is 11.8. The predicted molar refractivity (Wildman–Crippen MR) is 95.7 cm³/mol. The fourth-order valence-electron chi connectivity index (χ4n) is 4.20. The molecule has 130 valence electrons. The van der Waals surface area contributed by atoms with Gasteiger partial charge < -0.3 is 9.84 Å². The first-order valence-corrected chi connectivity index (χ1v) is 8.31. The highest BCUT2D eigenvalue weighted by Crippen LogP contribution is 2.56. The molecule has 0 aliphatic heterocycles. The molecule has 3 atom stereocenters. The molecule has 0 heterocycles. The molecule has 1 N–H and O–H groups in total. The van der Waals surface area contributed by atoms with Crippen molar-refractivity contribution in [3.05, 3.63) is 59.7 Å². The van der Waals surface area contributed by atoms with E-state index in [1.807, 2.05) is 13.0 Å². The van der Waals surface area contributed by atoms with E-state index >= 15 is 0 Å². The minimum Gasteiger partial charge on any atom is -0.508 e. The molecule has 0 aromatic heterocycles. The summed E-state index contributed by atoms with van der Waals surface area (Å²) in [6, 6.07) is 4.85. The highest BCUT2D eigenvalue weighted by atomic mass is 16.5. The average molecular weight is 338 g/mol. The van der Waals surface area contributed by atoms with Gasteiger partial charge in [0.2, 0.25) is 0 Å². The van der Waals surface area contributed by atoms with Gasteiger partial charge >= 0.3 is 0 Å². The number of rotatable bonds is 3. The molecule has 3 rings (SSSR count). The largest absolute Gasteiger partial charge is 0.508 e. The van der Waals surface area contributed by atoms with Crippen molar-refractivity contribution < 1.29 is 19.4 Å². The number of aromatic hydroxyl groups is 1. The smallest absolute Gasteiger partial charge is 0.163 e. The molecule has 2 aliphatic carbocycles. The molecule has 4 heteroatoms. The van der Waals surface area contributed by atoms with E-state index < -0.39 is 11.3 Å². The summed E-state index contributed by atoms with van der Waals surface area (Å²) in [6.45, 7) is 7.44. The van der Waals surface area contributed by atoms with Gasteiger partial charge in [0, 0.05) is 23.5 Å². The monoisotopic (exact) mass is 338 g/mol. The number of methoxy groups -OCH3 is 1. The Hall–Kier alpha value is -2.62. The van der Waals surface area contributed by atoms with Crippen LogP contribution in [0.2, 0.25) is 0 Å². The Balaban J connectivity index is 2.27. The number of Topliss-reactive ketones (excluding diaryl/α,β-unsaturated/α-hetero) is 1. The van der Waals surface area contributed by atoms with Crippen LogP contribution >= 0.6 is 0 Å². The Morgan fingerprint density at radius 3 is 2.72 bits per heavy atom. The first kappa shape index (κ1) is 17.2. The van der Waals surface area contributed by atoms with Gasteiger partial charge in [-0.1, -0.05) is 31.7 Å². The van der Waals surface area contributed by atoms with Crippen LogP contribution in [0.15, 0.2) is 54.2 Å². The summed E-state index contributed by atoms with van der Waals surface area (Å²) in [7, 11) is 1.52. The van der Waals surface area contributed by atoms with Gasteiger partial charge in [0.05, 0.1) is 12.5 Å². The zero-order valence-electron chi connectivity index (χ0n) is 14.7. The maximum absolute atomic E-state index is 13.0. The van der Waals surface area contributed by atoms with E-state index in [1.165, 1.54) is 19.3 Å². The molecule has 3 unspecified atom stereocenters. The lowest BCUT2D eigenvalue weighted by molar-refractivity contribution is -0.137. The molecule has 1 aromatic carbocycles. The van der Waals surface area contributed by atoms with Crippen LogP contribution in [0.1, 0.15) is 31.7 Å². The molecule has 4 nitrogen and oxygen atoms in total. The topological polar surface area (TPSA) is 63.6 Å². The van der Waals surface area contributed by atoms with Gasteiger partial charge in [0.15, 0.2) is 11.6 Å². The quantitative estimate of drug-likeness (QED) is 0.912. The van der Waals surface area contributed by atoms with Crippen molar-refractivity contribution in [1.82, 2.24) is 0 Å². The zero-order valence-corrected chi connectivity index (χ0v) is 14.7. The van der Waals surface area contributed by atoms with Crippen LogP contribution in [0.4, 0.5) is 0 Å². The normalized spacial score (nSPS) is 28.8. The van der Waals surface area contributed by atoms with Crippen molar-refractivity contribution >= 4 is 11.6 Å². The molecule has 0 bridgehead atoms. The highest BCUT2D eigenvalue weighted by Gasteiger charge is 2.55. The molecule has 0 radical (unpaired) electrons. The Labute approximate surface area is 147 Å². The summed E-state index contributed by atoms with van der Waals surface area (Å²) in [5, 5.41) is 9.77. The number of phenolic OH excluding ortho intramolecular Hbond substituents is 1. The van der Waals surface area contributed by atoms with Gasteiger partial charge in [-0.3, -0.25) is 9.59 Å². The number of allylic oxidation sites excluding steroid dienone is 5. The lowest BCUT2D eigenvalue weighted by Crippen LogP contribution is -2.49. The molecule has 1 aromatic rings. The summed E-state index contributed by atoms with van der Waals surface area (Å²) in [5.74, 6) is -0.223. The van der Waals surface area contributed by atoms with Crippen molar-refractivity contribution in [1.29, 1.82) is 0 Å². The molecule has 0 fully saturated rings. The van der Waals surface area contributed by atoms with Gasteiger partial charge in [-0.25, -0.2) is 0 Å². The Bertz CT molecular complexity index is 830. The minimum atomic E-state index is -0.904. The summed E-state index contributed by atoms with van der Waals surface area (Å²) >= 11 is 0. The molecule has 0 spiro atoms. The molecule has 0 amide bonds. The van der Waals surface area contributed by atoms with Crippen molar-refractivity contribution in [2.24, 2.45) is 11.3 Å². The van der Waals surface area contributed by atoms with E-state index in [0.29, 0.717) is 17.7 Å². The number of hydrogen-bond donors (Lipinski definition) is 1. The highest BCUT2D eigenvalue weighted by molar-refractivity contribution is 6.13. The molecular weight excluding hydrogens is 316 g/mol. The molecule has 0 saturated carbocycles. The van der Waals surface area contributed by atoms with Gasteiger partial charge in [0.1, 0.15) is 11.5 Å². The molecule has 25 heavy (non-hydrogen) atoms. The number of ether oxygens (including phenoxy) is 1. The van der Waals surface area contributed by atoms with Gasteiger partial charge in [-0.2, -0.15) is 0 Å². The average Bonchev–Trinajstić information content (AvgIpc) is 2.59. The van der Waals surface area contributed by atoms with Crippen LogP contribution in [0, 0.1) is 11.3 Å². The van der Waals surface area contributed by atoms with Crippen LogP contribution in [-0.2, 0) is 9.59 Å². The van der Waals surface area contributed by atoms with E-state index in [1.54, 1.807) is 25.1 Å². The van der Waals surface area contributed by atoms with Gasteiger partial charge in [-0.15, -0.1) is 0 Å². The predicted octanol–water partition coefficient (Wildman–Crippen LogP) is 3.72. The lowest BCUT2D eigenvalue weighted by atomic mass is 9.53. The summed E-state index contributed by atoms with van der Waals surface area (Å²) < 4.78 is 5.45. The van der Waals surface area contributed by atoms with E-state index in [2.05, 4.69) is 6.58 Å². The minimum absolute atomic E-state index is 0.0178. The molecular formula is C21H22O4. The second kappa shape index (κ2) is 6.03. The lowest BCUT2D eigenvalue weighted by Gasteiger charge is -2.47. The zero-order chi connectivity index (χ0) is 18.4. The van der Waals surface area contributed by atoms with E-state index in [9.17, 15) is 14.7 Å². The fraction of sp³-hybridized carbons (Fsp3) is 0.333. The molecule has 2 aliphatic rings. The third-order valence-corrected chi connectivity index (χ3v) is 5.59. The molecule has 0 saturated heterocycles. The number of carbonyl (C=O) groups is 2. The fourth-order valence-corrected chi connectivity index (χ4v) is 4.20. The third-order valence-electron chi connectivity index (χ3n) is 5.59. The van der Waals surface area contributed by atoms with Crippen molar-refractivity contribution in [3.63, 3.8) is 0 Å². The van der Waals surface area contributed by atoms with Gasteiger partial charge in [0.25, 0.3) is 0 Å². The first-order valence-electron chi connectivity index (χ1n) is 8.31. The SMILES string of the molecule is C=CC1=CCC2C(=O)C(C)=CC(=O)C2(C)C1c1ccc(O)cc1OC. The van der Waals surface area contributed by atoms with Crippen LogP contribution in [0.25, 0.3) is 0 Å². The van der Waals surface area contributed by atoms with Crippen molar-refractivity contribution in [2.45, 2.75) is 26.2 Å². The number of hydrogen-bond acceptors (Lipinski definition) is 4. The summed E-state index contributed by atoms with van der Waals surface area (Å²) in [5.41, 5.74) is 1.28. The van der Waals surface area contributed by atoms with Crippen molar-refractivity contribution in [2.75, 3.05) is 7.11 Å². The van der Waals surface area contributed by atoms with Gasteiger partial charge in [-0.05, 0) is 36.6 Å². The maximum Gasteiger partial charge on any atom is 0.163 e. The van der Waals surface area contributed by atoms with E-state index in [-0.39, 0.29) is 23.2 Å². The summed E-state index contributed by atoms with van der Waals surface area (Å²) in [4.78, 5) is 25.8. The number of benzene rings is 1. The number of fused-ring (bicyclic) bond motifs is 1. The van der Waals surface area contributed by atoms with Crippen molar-refractivity contribution in [3.8, 4) is 11.5 Å². The Kier molecular flexibility index (Phi) is 4.15. The Morgan fingerprint density at radius 2 is 2.08 bits per heavy atom. The number of carbonyl (C=O) groups excluding carboxylic acids is 2.